The highest BCUT2D eigenvalue weighted by atomic mass is 16.5. The first-order chi connectivity index (χ1) is 8.26. The van der Waals surface area contributed by atoms with E-state index >= 15 is 0 Å². The molecular weight excluding hydrogens is 216 g/mol. The molecule has 17 heavy (non-hydrogen) atoms. The van der Waals surface area contributed by atoms with Crippen molar-refractivity contribution in [1.82, 2.24) is 0 Å². The van der Waals surface area contributed by atoms with E-state index in [2.05, 4.69) is 12.5 Å². The van der Waals surface area contributed by atoms with Crippen LogP contribution in [-0.2, 0) is 15.9 Å². The first-order valence-corrected chi connectivity index (χ1v) is 5.55. The zero-order valence-electron chi connectivity index (χ0n) is 10.1. The van der Waals surface area contributed by atoms with Crippen molar-refractivity contribution in [2.24, 2.45) is 0 Å². The summed E-state index contributed by atoms with van der Waals surface area (Å²) in [6, 6.07) is 3.87. The predicted molar refractivity (Wildman–Crippen MR) is 66.7 cm³/mol. The summed E-state index contributed by atoms with van der Waals surface area (Å²) in [4.78, 5) is 0. The Kier molecular flexibility index (Phi) is 6.16. The summed E-state index contributed by atoms with van der Waals surface area (Å²) in [5, 5.41) is 0. The number of aryl methyl sites for hydroxylation is 1. The minimum atomic E-state index is -0.0865. The quantitative estimate of drug-likeness (QED) is 0.393. The van der Waals surface area contributed by atoms with Gasteiger partial charge < -0.3 is 13.9 Å². The van der Waals surface area contributed by atoms with Crippen molar-refractivity contribution in [3.63, 3.8) is 0 Å². The van der Waals surface area contributed by atoms with Crippen molar-refractivity contribution in [2.75, 3.05) is 19.8 Å². The molecule has 1 rings (SSSR count). The van der Waals surface area contributed by atoms with E-state index in [-0.39, 0.29) is 12.7 Å². The maximum atomic E-state index is 5.50. The molecule has 0 radical (unpaired) electrons. The minimum Gasteiger partial charge on any atom is -0.466 e. The van der Waals surface area contributed by atoms with Crippen molar-refractivity contribution in [2.45, 2.75) is 19.4 Å². The fourth-order valence-electron chi connectivity index (χ4n) is 1.43. The Morgan fingerprint density at radius 3 is 3.00 bits per heavy atom. The van der Waals surface area contributed by atoms with Crippen LogP contribution in [0.3, 0.4) is 0 Å². The lowest BCUT2D eigenvalue weighted by Crippen LogP contribution is -2.22. The van der Waals surface area contributed by atoms with Gasteiger partial charge in [-0.1, -0.05) is 12.0 Å². The van der Waals surface area contributed by atoms with Gasteiger partial charge in [-0.05, 0) is 19.1 Å². The molecule has 0 amide bonds. The van der Waals surface area contributed by atoms with Gasteiger partial charge in [0.1, 0.15) is 18.1 Å². The van der Waals surface area contributed by atoms with E-state index in [1.807, 2.05) is 19.1 Å². The van der Waals surface area contributed by atoms with E-state index in [9.17, 15) is 0 Å². The summed E-state index contributed by atoms with van der Waals surface area (Å²) in [6.45, 7) is 6.77. The first kappa shape index (κ1) is 13.6. The van der Waals surface area contributed by atoms with E-state index < -0.39 is 0 Å². The van der Waals surface area contributed by atoms with Gasteiger partial charge in [0, 0.05) is 6.42 Å². The average molecular weight is 234 g/mol. The third-order valence-corrected chi connectivity index (χ3v) is 2.17. The summed E-state index contributed by atoms with van der Waals surface area (Å²) in [7, 11) is 0. The highest BCUT2D eigenvalue weighted by Crippen LogP contribution is 2.11. The second-order valence-corrected chi connectivity index (χ2v) is 3.68. The molecule has 1 heterocycles. The fraction of sp³-hybridized carbons (Fsp3) is 0.429. The lowest BCUT2D eigenvalue weighted by Gasteiger charge is -2.15. The van der Waals surface area contributed by atoms with E-state index in [0.29, 0.717) is 19.6 Å². The van der Waals surface area contributed by atoms with Crippen LogP contribution >= 0.6 is 0 Å². The van der Waals surface area contributed by atoms with Gasteiger partial charge in [0.05, 0.1) is 19.3 Å². The Morgan fingerprint density at radius 1 is 1.59 bits per heavy atom. The number of rotatable bonds is 8. The molecule has 0 saturated heterocycles. The van der Waals surface area contributed by atoms with Crippen LogP contribution in [0, 0.1) is 19.3 Å². The van der Waals surface area contributed by atoms with Gasteiger partial charge >= 0.3 is 0 Å². The van der Waals surface area contributed by atoms with Crippen LogP contribution < -0.4 is 0 Å². The molecule has 1 aromatic heterocycles. The second kappa shape index (κ2) is 7.72. The highest BCUT2D eigenvalue weighted by Gasteiger charge is 2.12. The molecule has 0 aliphatic carbocycles. The third-order valence-electron chi connectivity index (χ3n) is 2.17. The summed E-state index contributed by atoms with van der Waals surface area (Å²) < 4.78 is 16.4. The molecule has 0 aliphatic heterocycles. The van der Waals surface area contributed by atoms with Gasteiger partial charge in [-0.25, -0.2) is 0 Å². The van der Waals surface area contributed by atoms with Crippen LogP contribution in [0.25, 0.3) is 0 Å². The van der Waals surface area contributed by atoms with Crippen molar-refractivity contribution in [1.29, 1.82) is 0 Å². The minimum absolute atomic E-state index is 0.0865. The van der Waals surface area contributed by atoms with Crippen molar-refractivity contribution in [3.8, 4) is 12.3 Å². The third kappa shape index (κ3) is 5.39. The summed E-state index contributed by atoms with van der Waals surface area (Å²) in [5.41, 5.74) is 0. The van der Waals surface area contributed by atoms with Gasteiger partial charge in [0.15, 0.2) is 0 Å². The zero-order chi connectivity index (χ0) is 12.5. The van der Waals surface area contributed by atoms with Gasteiger partial charge in [-0.3, -0.25) is 0 Å². The van der Waals surface area contributed by atoms with Crippen LogP contribution in [0.2, 0.25) is 0 Å². The van der Waals surface area contributed by atoms with Crippen molar-refractivity contribution >= 4 is 0 Å². The lowest BCUT2D eigenvalue weighted by molar-refractivity contribution is 0.00208. The van der Waals surface area contributed by atoms with Gasteiger partial charge in [0.25, 0.3) is 0 Å². The standard InChI is InChI=1S/C14H18O3/c1-4-8-15-11-14(16-9-5-2)10-13-7-6-12(3)17-13/h2,4,6-7,14H,1,8-11H2,3H3. The van der Waals surface area contributed by atoms with Crippen LogP contribution in [0.1, 0.15) is 11.5 Å². The predicted octanol–water partition coefficient (Wildman–Crippen LogP) is 2.35. The number of ether oxygens (including phenoxy) is 2. The van der Waals surface area contributed by atoms with Crippen molar-refractivity contribution in [3.05, 3.63) is 36.3 Å². The van der Waals surface area contributed by atoms with Crippen molar-refractivity contribution < 1.29 is 13.9 Å². The molecule has 3 heteroatoms. The van der Waals surface area contributed by atoms with E-state index in [4.69, 9.17) is 20.3 Å². The molecule has 0 spiro atoms. The smallest absolute Gasteiger partial charge is 0.107 e. The van der Waals surface area contributed by atoms with Crippen LogP contribution in [0.4, 0.5) is 0 Å². The number of hydrogen-bond acceptors (Lipinski definition) is 3. The highest BCUT2D eigenvalue weighted by molar-refractivity contribution is 5.06. The topological polar surface area (TPSA) is 31.6 Å². The Morgan fingerprint density at radius 2 is 2.41 bits per heavy atom. The van der Waals surface area contributed by atoms with Gasteiger partial charge in [0.2, 0.25) is 0 Å². The zero-order valence-corrected chi connectivity index (χ0v) is 10.1. The van der Waals surface area contributed by atoms with Crippen LogP contribution in [-0.4, -0.2) is 25.9 Å². The molecule has 0 fully saturated rings. The monoisotopic (exact) mass is 234 g/mol. The maximum Gasteiger partial charge on any atom is 0.107 e. The fourth-order valence-corrected chi connectivity index (χ4v) is 1.43. The molecule has 0 saturated carbocycles. The maximum absolute atomic E-state index is 5.50. The van der Waals surface area contributed by atoms with Gasteiger partial charge in [-0.2, -0.15) is 0 Å². The Bertz CT molecular complexity index is 373. The molecule has 92 valence electrons. The summed E-state index contributed by atoms with van der Waals surface area (Å²) in [6.07, 6.45) is 7.45. The molecular formula is C14H18O3. The van der Waals surface area contributed by atoms with Gasteiger partial charge in [-0.15, -0.1) is 13.0 Å². The molecule has 1 atom stereocenters. The summed E-state index contributed by atoms with van der Waals surface area (Å²) >= 11 is 0. The molecule has 0 aromatic carbocycles. The Labute approximate surface area is 102 Å². The molecule has 0 bridgehead atoms. The molecule has 0 aliphatic rings. The number of hydrogen-bond donors (Lipinski definition) is 0. The van der Waals surface area contributed by atoms with Crippen LogP contribution in [0.15, 0.2) is 29.2 Å². The average Bonchev–Trinajstić information content (AvgIpc) is 2.72. The van der Waals surface area contributed by atoms with E-state index in [1.54, 1.807) is 6.08 Å². The SMILES string of the molecule is C#CCOC(COCC=C)Cc1ccc(C)o1. The molecule has 1 unspecified atom stereocenters. The van der Waals surface area contributed by atoms with Crippen LogP contribution in [0.5, 0.6) is 0 Å². The normalized spacial score (nSPS) is 12.0. The largest absolute Gasteiger partial charge is 0.466 e. The molecule has 3 nitrogen and oxygen atoms in total. The Hall–Kier alpha value is -1.50. The number of furan rings is 1. The Balaban J connectivity index is 2.44. The second-order valence-electron chi connectivity index (χ2n) is 3.68. The number of terminal acetylenes is 1. The summed E-state index contributed by atoms with van der Waals surface area (Å²) in [5.74, 6) is 4.22. The first-order valence-electron chi connectivity index (χ1n) is 5.55. The lowest BCUT2D eigenvalue weighted by atomic mass is 10.2. The molecule has 1 aromatic rings. The van der Waals surface area contributed by atoms with E-state index in [1.165, 1.54) is 0 Å². The molecule has 0 N–H and O–H groups in total. The van der Waals surface area contributed by atoms with E-state index in [0.717, 1.165) is 11.5 Å².